The number of carbonyl (C=O) groups excluding carboxylic acids is 2. The molecule has 0 radical (unpaired) electrons. The second-order valence-electron chi connectivity index (χ2n) is 8.28. The Morgan fingerprint density at radius 2 is 1.81 bits per heavy atom. The number of methoxy groups -OCH3 is 1. The zero-order valence-electron chi connectivity index (χ0n) is 20.6. The lowest BCUT2D eigenvalue weighted by atomic mass is 10.1. The third-order valence-corrected chi connectivity index (χ3v) is 6.43. The van der Waals surface area contributed by atoms with Crippen LogP contribution in [0.5, 0.6) is 5.75 Å². The molecule has 0 spiro atoms. The van der Waals surface area contributed by atoms with Crippen LogP contribution in [-0.2, 0) is 11.3 Å². The Kier molecular flexibility index (Phi) is 8.19. The number of nitrogens with zero attached hydrogens (tertiary/aromatic N) is 3. The van der Waals surface area contributed by atoms with Crippen LogP contribution < -0.4 is 15.4 Å². The lowest BCUT2D eigenvalue weighted by Crippen LogP contribution is -2.25. The van der Waals surface area contributed by atoms with Gasteiger partial charge in [0.1, 0.15) is 11.6 Å². The first-order valence-corrected chi connectivity index (χ1v) is 12.4. The van der Waals surface area contributed by atoms with Crippen LogP contribution in [0.15, 0.2) is 71.9 Å². The van der Waals surface area contributed by atoms with E-state index < -0.39 is 11.7 Å². The fourth-order valence-electron chi connectivity index (χ4n) is 3.60. The van der Waals surface area contributed by atoms with Gasteiger partial charge in [-0.3, -0.25) is 14.2 Å². The topological polar surface area (TPSA) is 98.1 Å². The third kappa shape index (κ3) is 6.53. The molecule has 0 atom stereocenters. The minimum absolute atomic E-state index is 0.0638. The van der Waals surface area contributed by atoms with Crippen molar-refractivity contribution < 1.29 is 18.7 Å². The maximum absolute atomic E-state index is 13.5. The van der Waals surface area contributed by atoms with Crippen LogP contribution in [0.3, 0.4) is 0 Å². The van der Waals surface area contributed by atoms with Crippen LogP contribution in [0.25, 0.3) is 5.69 Å². The van der Waals surface area contributed by atoms with Crippen molar-refractivity contribution in [1.82, 2.24) is 20.1 Å². The molecule has 2 N–H and O–H groups in total. The van der Waals surface area contributed by atoms with Gasteiger partial charge in [0.2, 0.25) is 5.91 Å². The van der Waals surface area contributed by atoms with Crippen LogP contribution >= 0.6 is 11.8 Å². The molecule has 0 bridgehead atoms. The van der Waals surface area contributed by atoms with E-state index in [1.807, 2.05) is 36.6 Å². The van der Waals surface area contributed by atoms with Crippen LogP contribution in [0.4, 0.5) is 10.1 Å². The number of hydrogen-bond acceptors (Lipinski definition) is 6. The lowest BCUT2D eigenvalue weighted by Gasteiger charge is -2.14. The highest BCUT2D eigenvalue weighted by atomic mass is 32.2. The van der Waals surface area contributed by atoms with Gasteiger partial charge in [0.15, 0.2) is 11.0 Å². The Hall–Kier alpha value is -4.18. The molecule has 0 unspecified atom stereocenters. The number of ether oxygens (including phenoxy) is 1. The Balaban J connectivity index is 1.53. The average Bonchev–Trinajstić information content (AvgIpc) is 3.30. The SMILES string of the molecule is COc1ccc(NC(=O)CSc2nnc(CNC(=O)c3cccc(F)c3)n2-c2cc(C)ccc2C)cc1. The molecule has 0 aliphatic rings. The molecule has 0 aliphatic heterocycles. The first-order chi connectivity index (χ1) is 17.8. The molecule has 190 valence electrons. The second-order valence-corrected chi connectivity index (χ2v) is 9.23. The van der Waals surface area contributed by atoms with E-state index in [2.05, 4.69) is 20.8 Å². The van der Waals surface area contributed by atoms with Crippen molar-refractivity contribution in [1.29, 1.82) is 0 Å². The van der Waals surface area contributed by atoms with Crippen molar-refractivity contribution in [2.24, 2.45) is 0 Å². The molecule has 0 saturated heterocycles. The molecule has 10 heteroatoms. The highest BCUT2D eigenvalue weighted by molar-refractivity contribution is 7.99. The molecular formula is C27H26FN5O3S. The number of aryl methyl sites for hydroxylation is 2. The number of thioether (sulfide) groups is 1. The molecule has 0 saturated carbocycles. The fourth-order valence-corrected chi connectivity index (χ4v) is 4.37. The smallest absolute Gasteiger partial charge is 0.251 e. The van der Waals surface area contributed by atoms with E-state index >= 15 is 0 Å². The lowest BCUT2D eigenvalue weighted by molar-refractivity contribution is -0.113. The van der Waals surface area contributed by atoms with Gasteiger partial charge < -0.3 is 15.4 Å². The van der Waals surface area contributed by atoms with Gasteiger partial charge in [0, 0.05) is 11.3 Å². The first kappa shape index (κ1) is 25.9. The Morgan fingerprint density at radius 3 is 2.54 bits per heavy atom. The van der Waals surface area contributed by atoms with E-state index in [9.17, 15) is 14.0 Å². The molecule has 2 amide bonds. The monoisotopic (exact) mass is 519 g/mol. The van der Waals surface area contributed by atoms with Crippen LogP contribution in [-0.4, -0.2) is 39.4 Å². The van der Waals surface area contributed by atoms with Crippen molar-refractivity contribution in [2.45, 2.75) is 25.5 Å². The number of nitrogens with one attached hydrogen (secondary N) is 2. The number of aromatic nitrogens is 3. The molecule has 3 aromatic carbocycles. The summed E-state index contributed by atoms with van der Waals surface area (Å²) in [6, 6.07) is 18.5. The van der Waals surface area contributed by atoms with Crippen LogP contribution in [0, 0.1) is 19.7 Å². The van der Waals surface area contributed by atoms with Gasteiger partial charge in [0.05, 0.1) is 25.1 Å². The summed E-state index contributed by atoms with van der Waals surface area (Å²) < 4.78 is 20.5. The van der Waals surface area contributed by atoms with E-state index in [4.69, 9.17) is 4.74 Å². The van der Waals surface area contributed by atoms with Crippen LogP contribution in [0.1, 0.15) is 27.3 Å². The normalized spacial score (nSPS) is 10.7. The highest BCUT2D eigenvalue weighted by Gasteiger charge is 2.19. The Bertz CT molecular complexity index is 1420. The number of rotatable bonds is 9. The zero-order valence-corrected chi connectivity index (χ0v) is 21.4. The van der Waals surface area contributed by atoms with Gasteiger partial charge in [-0.05, 0) is 73.5 Å². The molecule has 4 rings (SSSR count). The Morgan fingerprint density at radius 1 is 1.03 bits per heavy atom. The fraction of sp³-hybridized carbons (Fsp3) is 0.185. The predicted octanol–water partition coefficient (Wildman–Crippen LogP) is 4.69. The van der Waals surface area contributed by atoms with Crippen molar-refractivity contribution in [2.75, 3.05) is 18.2 Å². The number of amides is 2. The molecule has 4 aromatic rings. The predicted molar refractivity (Wildman–Crippen MR) is 141 cm³/mol. The highest BCUT2D eigenvalue weighted by Crippen LogP contribution is 2.26. The van der Waals surface area contributed by atoms with Crippen molar-refractivity contribution >= 4 is 29.3 Å². The molecule has 1 aromatic heterocycles. The molecule has 37 heavy (non-hydrogen) atoms. The number of halogens is 1. The van der Waals surface area contributed by atoms with E-state index in [0.29, 0.717) is 22.4 Å². The standard InChI is InChI=1S/C27H26FN5O3S/c1-17-7-8-18(2)23(13-17)33-24(15-29-26(35)19-5-4-6-20(28)14-19)31-32-27(33)37-16-25(34)30-21-9-11-22(36-3)12-10-21/h4-14H,15-16H2,1-3H3,(H,29,35)(H,30,34). The summed E-state index contributed by atoms with van der Waals surface area (Å²) in [6.07, 6.45) is 0. The molecular weight excluding hydrogens is 493 g/mol. The minimum atomic E-state index is -0.488. The summed E-state index contributed by atoms with van der Waals surface area (Å²) in [5, 5.41) is 14.7. The summed E-state index contributed by atoms with van der Waals surface area (Å²) in [4.78, 5) is 25.2. The Labute approximate surface area is 218 Å². The van der Waals surface area contributed by atoms with Gasteiger partial charge in [-0.1, -0.05) is 30.0 Å². The molecule has 8 nitrogen and oxygen atoms in total. The summed E-state index contributed by atoms with van der Waals surface area (Å²) >= 11 is 1.24. The maximum Gasteiger partial charge on any atom is 0.251 e. The summed E-state index contributed by atoms with van der Waals surface area (Å²) in [5.74, 6) is 0.167. The minimum Gasteiger partial charge on any atom is -0.497 e. The van der Waals surface area contributed by atoms with E-state index in [-0.39, 0.29) is 23.8 Å². The number of anilines is 1. The van der Waals surface area contributed by atoms with Gasteiger partial charge in [-0.15, -0.1) is 10.2 Å². The molecule has 0 fully saturated rings. The average molecular weight is 520 g/mol. The quantitative estimate of drug-likeness (QED) is 0.311. The number of carbonyl (C=O) groups is 2. The van der Waals surface area contributed by atoms with Gasteiger partial charge in [-0.25, -0.2) is 4.39 Å². The maximum atomic E-state index is 13.5. The van der Waals surface area contributed by atoms with E-state index in [0.717, 1.165) is 16.8 Å². The molecule has 0 aliphatic carbocycles. The van der Waals surface area contributed by atoms with Crippen LogP contribution in [0.2, 0.25) is 0 Å². The van der Waals surface area contributed by atoms with Gasteiger partial charge in [-0.2, -0.15) is 0 Å². The van der Waals surface area contributed by atoms with Gasteiger partial charge >= 0.3 is 0 Å². The number of benzene rings is 3. The van der Waals surface area contributed by atoms with Crippen molar-refractivity contribution in [3.8, 4) is 11.4 Å². The number of hydrogen-bond donors (Lipinski definition) is 2. The summed E-state index contributed by atoms with van der Waals surface area (Å²) in [6.45, 7) is 4.01. The summed E-state index contributed by atoms with van der Waals surface area (Å²) in [7, 11) is 1.58. The third-order valence-electron chi connectivity index (χ3n) is 5.51. The molecule has 1 heterocycles. The van der Waals surface area contributed by atoms with Gasteiger partial charge in [0.25, 0.3) is 5.91 Å². The van der Waals surface area contributed by atoms with E-state index in [1.165, 1.54) is 36.0 Å². The largest absolute Gasteiger partial charge is 0.497 e. The van der Waals surface area contributed by atoms with E-state index in [1.54, 1.807) is 31.4 Å². The van der Waals surface area contributed by atoms with Crippen molar-refractivity contribution in [3.05, 3.63) is 95.1 Å². The first-order valence-electron chi connectivity index (χ1n) is 11.5. The second kappa shape index (κ2) is 11.7. The summed E-state index contributed by atoms with van der Waals surface area (Å²) in [5.41, 5.74) is 3.73. The zero-order chi connectivity index (χ0) is 26.4. The van der Waals surface area contributed by atoms with Crippen molar-refractivity contribution in [3.63, 3.8) is 0 Å².